The summed E-state index contributed by atoms with van der Waals surface area (Å²) in [6.07, 6.45) is 1.04. The standard InChI is InChI=1S/C21H20F2N2O/c1-21(2)10-17-19(18(26)11-21)20(13-9-12(22)7-8-14(13)23)25-16-6-4-3-5-15(16)24-17/h3-9,20,24-25H,10-11H2,1-2H3/t20-/m0/s1. The first-order valence-electron chi connectivity index (χ1n) is 8.68. The van der Waals surface area contributed by atoms with Crippen LogP contribution in [0.15, 0.2) is 53.7 Å². The number of hydrogen-bond acceptors (Lipinski definition) is 3. The average Bonchev–Trinajstić information content (AvgIpc) is 2.72. The molecule has 3 nitrogen and oxygen atoms in total. The predicted molar refractivity (Wildman–Crippen MR) is 97.8 cm³/mol. The van der Waals surface area contributed by atoms with Crippen molar-refractivity contribution in [3.05, 3.63) is 70.9 Å². The summed E-state index contributed by atoms with van der Waals surface area (Å²) in [5.74, 6) is -1.11. The largest absolute Gasteiger partial charge is 0.372 e. The van der Waals surface area contributed by atoms with Crippen LogP contribution in [0.2, 0.25) is 0 Å². The fraction of sp³-hybridized carbons (Fsp3) is 0.286. The second-order valence-electron chi connectivity index (χ2n) is 7.75. The number of anilines is 2. The number of carbonyl (C=O) groups is 1. The molecular formula is C21H20F2N2O. The fourth-order valence-corrected chi connectivity index (χ4v) is 3.86. The zero-order valence-corrected chi connectivity index (χ0v) is 14.7. The van der Waals surface area contributed by atoms with E-state index in [0.717, 1.165) is 29.2 Å². The highest BCUT2D eigenvalue weighted by Gasteiger charge is 2.39. The van der Waals surface area contributed by atoms with E-state index in [1.807, 2.05) is 38.1 Å². The summed E-state index contributed by atoms with van der Waals surface area (Å²) in [6.45, 7) is 4.08. The molecule has 0 fully saturated rings. The number of hydrogen-bond donors (Lipinski definition) is 2. The number of para-hydroxylation sites is 2. The number of rotatable bonds is 1. The Labute approximate surface area is 151 Å². The van der Waals surface area contributed by atoms with Crippen molar-refractivity contribution in [3.63, 3.8) is 0 Å². The van der Waals surface area contributed by atoms with Gasteiger partial charge in [0.1, 0.15) is 11.6 Å². The zero-order valence-electron chi connectivity index (χ0n) is 14.7. The van der Waals surface area contributed by atoms with Crippen molar-refractivity contribution in [1.29, 1.82) is 0 Å². The molecule has 1 aliphatic heterocycles. The van der Waals surface area contributed by atoms with E-state index in [-0.39, 0.29) is 16.8 Å². The lowest BCUT2D eigenvalue weighted by Gasteiger charge is -2.34. The van der Waals surface area contributed by atoms with Crippen molar-refractivity contribution in [2.24, 2.45) is 5.41 Å². The van der Waals surface area contributed by atoms with E-state index in [9.17, 15) is 13.6 Å². The van der Waals surface area contributed by atoms with Crippen molar-refractivity contribution in [2.45, 2.75) is 32.7 Å². The van der Waals surface area contributed by atoms with Gasteiger partial charge >= 0.3 is 0 Å². The first-order chi connectivity index (χ1) is 12.3. The maximum atomic E-state index is 14.5. The minimum Gasteiger partial charge on any atom is -0.372 e. The van der Waals surface area contributed by atoms with Crippen molar-refractivity contribution < 1.29 is 13.6 Å². The summed E-state index contributed by atoms with van der Waals surface area (Å²) in [4.78, 5) is 13.0. The maximum absolute atomic E-state index is 14.5. The molecule has 0 radical (unpaired) electrons. The van der Waals surface area contributed by atoms with Gasteiger partial charge in [0, 0.05) is 23.3 Å². The van der Waals surface area contributed by atoms with Crippen LogP contribution in [-0.2, 0) is 4.79 Å². The van der Waals surface area contributed by atoms with Gasteiger partial charge in [-0.3, -0.25) is 4.79 Å². The predicted octanol–water partition coefficient (Wildman–Crippen LogP) is 5.19. The molecule has 134 valence electrons. The third-order valence-electron chi connectivity index (χ3n) is 4.99. The highest BCUT2D eigenvalue weighted by atomic mass is 19.1. The number of allylic oxidation sites excluding steroid dienone is 1. The number of nitrogens with one attached hydrogen (secondary N) is 2. The molecule has 0 spiro atoms. The number of halogens is 2. The number of carbonyl (C=O) groups excluding carboxylic acids is 1. The fourth-order valence-electron chi connectivity index (χ4n) is 3.86. The average molecular weight is 354 g/mol. The Kier molecular flexibility index (Phi) is 3.83. The zero-order chi connectivity index (χ0) is 18.5. The quantitative estimate of drug-likeness (QED) is 0.741. The van der Waals surface area contributed by atoms with Crippen LogP contribution in [0.5, 0.6) is 0 Å². The van der Waals surface area contributed by atoms with Gasteiger partial charge in [-0.15, -0.1) is 0 Å². The van der Waals surface area contributed by atoms with Crippen molar-refractivity contribution in [2.75, 3.05) is 10.6 Å². The Morgan fingerprint density at radius 2 is 1.77 bits per heavy atom. The van der Waals surface area contributed by atoms with Crippen LogP contribution < -0.4 is 10.6 Å². The molecule has 1 aliphatic carbocycles. The minimum absolute atomic E-state index is 0.0438. The van der Waals surface area contributed by atoms with Crippen molar-refractivity contribution in [3.8, 4) is 0 Å². The molecule has 0 saturated heterocycles. The molecule has 4 rings (SSSR count). The van der Waals surface area contributed by atoms with E-state index < -0.39 is 17.7 Å². The SMILES string of the molecule is CC1(C)CC(=O)C2=C(C1)Nc1ccccc1N[C@H]2c1cc(F)ccc1F. The second kappa shape index (κ2) is 5.94. The first-order valence-corrected chi connectivity index (χ1v) is 8.68. The topological polar surface area (TPSA) is 41.1 Å². The van der Waals surface area contributed by atoms with E-state index in [1.165, 1.54) is 6.07 Å². The molecule has 0 aromatic heterocycles. The Morgan fingerprint density at radius 3 is 2.54 bits per heavy atom. The molecule has 1 heterocycles. The lowest BCUT2D eigenvalue weighted by molar-refractivity contribution is -0.118. The van der Waals surface area contributed by atoms with E-state index in [2.05, 4.69) is 10.6 Å². The van der Waals surface area contributed by atoms with Gasteiger partial charge in [0.05, 0.1) is 17.4 Å². The van der Waals surface area contributed by atoms with Gasteiger partial charge in [-0.25, -0.2) is 8.78 Å². The van der Waals surface area contributed by atoms with E-state index in [4.69, 9.17) is 0 Å². The summed E-state index contributed by atoms with van der Waals surface area (Å²) >= 11 is 0. The molecule has 2 aromatic carbocycles. The van der Waals surface area contributed by atoms with Gasteiger partial charge in [0.2, 0.25) is 0 Å². The second-order valence-corrected chi connectivity index (χ2v) is 7.75. The summed E-state index contributed by atoms with van der Waals surface area (Å²) in [5, 5.41) is 6.61. The molecule has 0 amide bonds. The summed E-state index contributed by atoms with van der Waals surface area (Å²) in [5.41, 5.74) is 2.80. The third kappa shape index (κ3) is 2.87. The van der Waals surface area contributed by atoms with Crippen LogP contribution in [-0.4, -0.2) is 5.78 Å². The van der Waals surface area contributed by atoms with Gasteiger partial charge in [0.15, 0.2) is 5.78 Å². The van der Waals surface area contributed by atoms with Gasteiger partial charge < -0.3 is 10.6 Å². The smallest absolute Gasteiger partial charge is 0.163 e. The molecule has 2 N–H and O–H groups in total. The third-order valence-corrected chi connectivity index (χ3v) is 4.99. The van der Waals surface area contributed by atoms with Crippen LogP contribution in [0.4, 0.5) is 20.2 Å². The normalized spacial score (nSPS) is 21.2. The van der Waals surface area contributed by atoms with Crippen LogP contribution in [0.1, 0.15) is 38.3 Å². The number of benzene rings is 2. The molecule has 0 saturated carbocycles. The van der Waals surface area contributed by atoms with Gasteiger partial charge in [-0.1, -0.05) is 26.0 Å². The summed E-state index contributed by atoms with van der Waals surface area (Å²) < 4.78 is 28.4. The van der Waals surface area contributed by atoms with E-state index >= 15 is 0 Å². The van der Waals surface area contributed by atoms with E-state index in [0.29, 0.717) is 18.4 Å². The monoisotopic (exact) mass is 354 g/mol. The number of ketones is 1. The molecule has 2 aromatic rings. The Bertz CT molecular complexity index is 933. The van der Waals surface area contributed by atoms with E-state index in [1.54, 1.807) is 0 Å². The highest BCUT2D eigenvalue weighted by molar-refractivity contribution is 6.01. The van der Waals surface area contributed by atoms with Crippen LogP contribution in [0.3, 0.4) is 0 Å². The molecule has 0 unspecified atom stereocenters. The lowest BCUT2D eigenvalue weighted by Crippen LogP contribution is -2.31. The Morgan fingerprint density at radius 1 is 1.04 bits per heavy atom. The molecule has 1 atom stereocenters. The summed E-state index contributed by atoms with van der Waals surface area (Å²) in [6, 6.07) is 10.1. The van der Waals surface area contributed by atoms with Crippen molar-refractivity contribution in [1.82, 2.24) is 0 Å². The first kappa shape index (κ1) is 16.8. The Hall–Kier alpha value is -2.69. The van der Waals surface area contributed by atoms with Gasteiger partial charge in [0.25, 0.3) is 0 Å². The maximum Gasteiger partial charge on any atom is 0.163 e. The lowest BCUT2D eigenvalue weighted by atomic mass is 9.73. The number of fused-ring (bicyclic) bond motifs is 1. The molecule has 26 heavy (non-hydrogen) atoms. The Balaban J connectivity index is 1.93. The van der Waals surface area contributed by atoms with Gasteiger partial charge in [-0.2, -0.15) is 0 Å². The minimum atomic E-state index is -0.736. The highest BCUT2D eigenvalue weighted by Crippen LogP contribution is 2.45. The van der Waals surface area contributed by atoms with Crippen LogP contribution >= 0.6 is 0 Å². The molecule has 0 bridgehead atoms. The van der Waals surface area contributed by atoms with Crippen molar-refractivity contribution >= 4 is 17.2 Å². The molecular weight excluding hydrogens is 334 g/mol. The van der Waals surface area contributed by atoms with Gasteiger partial charge in [-0.05, 0) is 42.2 Å². The van der Waals surface area contributed by atoms with Crippen LogP contribution in [0, 0.1) is 17.0 Å². The molecule has 5 heteroatoms. The summed E-state index contributed by atoms with van der Waals surface area (Å²) in [7, 11) is 0. The van der Waals surface area contributed by atoms with Crippen LogP contribution in [0.25, 0.3) is 0 Å². The molecule has 2 aliphatic rings. The number of Topliss-reactive ketones (excluding diaryl/α,β-unsaturated/α-hetero) is 1.